The van der Waals surface area contributed by atoms with E-state index >= 15 is 0 Å². The van der Waals surface area contributed by atoms with Gasteiger partial charge < -0.3 is 31.4 Å². The van der Waals surface area contributed by atoms with E-state index in [1.807, 2.05) is 0 Å². The Kier molecular flexibility index (Phi) is 18.7. The van der Waals surface area contributed by atoms with Crippen LogP contribution in [0.2, 0.25) is 0 Å². The molecule has 4 rings (SSSR count). The monoisotopic (exact) mass is 717 g/mol. The highest BCUT2D eigenvalue weighted by Crippen LogP contribution is 2.69. The molecular formula is C44H84N4O3. The number of hydrogen-bond donors (Lipinski definition) is 3. The molecule has 0 aromatic carbocycles. The summed E-state index contributed by atoms with van der Waals surface area (Å²) < 4.78 is 20.5. The Morgan fingerprint density at radius 1 is 0.765 bits per heavy atom. The van der Waals surface area contributed by atoms with Gasteiger partial charge >= 0.3 is 0 Å². The third-order valence-corrected chi connectivity index (χ3v) is 14.8. The molecule has 0 amide bonds. The highest BCUT2D eigenvalue weighted by atomic mass is 16.5. The molecule has 0 aromatic rings. The number of hydrogen-bond acceptors (Lipinski definition) is 7. The lowest BCUT2D eigenvalue weighted by Gasteiger charge is -2.65. The van der Waals surface area contributed by atoms with Crippen molar-refractivity contribution in [2.45, 2.75) is 162 Å². The summed E-state index contributed by atoms with van der Waals surface area (Å²) >= 11 is 0. The normalized spacial score (nSPS) is 35.4. The first kappa shape index (κ1) is 43.2. The van der Waals surface area contributed by atoms with Gasteiger partial charge in [0, 0.05) is 31.8 Å². The van der Waals surface area contributed by atoms with Crippen LogP contribution < -0.4 is 17.2 Å². The first-order valence-electron chi connectivity index (χ1n) is 22.1. The average molecular weight is 717 g/mol. The second kappa shape index (κ2) is 22.1. The van der Waals surface area contributed by atoms with Crippen LogP contribution in [0.4, 0.5) is 0 Å². The van der Waals surface area contributed by atoms with Crippen LogP contribution in [-0.4, -0.2) is 82.3 Å². The van der Waals surface area contributed by atoms with Crippen molar-refractivity contribution in [3.05, 3.63) is 12.7 Å². The minimum absolute atomic E-state index is 0.162. The van der Waals surface area contributed by atoms with Crippen LogP contribution in [0, 0.1) is 46.3 Å². The Morgan fingerprint density at radius 3 is 2.14 bits per heavy atom. The van der Waals surface area contributed by atoms with Gasteiger partial charge in [-0.15, -0.1) is 6.58 Å². The third-order valence-electron chi connectivity index (χ3n) is 14.8. The highest BCUT2D eigenvalue weighted by molar-refractivity contribution is 5.15. The predicted molar refractivity (Wildman–Crippen MR) is 215 cm³/mol. The Morgan fingerprint density at radius 2 is 1.43 bits per heavy atom. The number of rotatable bonds is 26. The number of unbranched alkanes of at least 4 members (excludes halogenated alkanes) is 5. The maximum atomic E-state index is 7.08. The summed E-state index contributed by atoms with van der Waals surface area (Å²) in [6, 6.07) is 0. The number of nitrogens with two attached hydrogens (primary N) is 3. The van der Waals surface area contributed by atoms with Gasteiger partial charge in [-0.3, -0.25) is 4.90 Å². The largest absolute Gasteiger partial charge is 0.378 e. The summed E-state index contributed by atoms with van der Waals surface area (Å²) in [5, 5.41) is 0. The molecule has 0 bridgehead atoms. The predicted octanol–water partition coefficient (Wildman–Crippen LogP) is 8.33. The number of nitrogens with zero attached hydrogens (tertiary/aromatic N) is 1. The molecular weight excluding hydrogens is 633 g/mol. The van der Waals surface area contributed by atoms with E-state index in [4.69, 9.17) is 31.4 Å². The van der Waals surface area contributed by atoms with Gasteiger partial charge in [-0.2, -0.15) is 0 Å². The summed E-state index contributed by atoms with van der Waals surface area (Å²) in [6.45, 7) is 22.1. The Bertz CT molecular complexity index is 969. The topological polar surface area (TPSA) is 109 Å². The van der Waals surface area contributed by atoms with Crippen molar-refractivity contribution in [1.82, 2.24) is 4.90 Å². The van der Waals surface area contributed by atoms with E-state index in [-0.39, 0.29) is 11.5 Å². The lowest BCUT2D eigenvalue weighted by molar-refractivity contribution is -0.227. The molecule has 0 spiro atoms. The molecule has 0 aliphatic heterocycles. The molecule has 0 radical (unpaired) electrons. The summed E-state index contributed by atoms with van der Waals surface area (Å²) in [7, 11) is 0. The highest BCUT2D eigenvalue weighted by Gasteiger charge is 2.66. The third kappa shape index (κ3) is 11.0. The second-order valence-electron chi connectivity index (χ2n) is 18.0. The molecule has 4 saturated carbocycles. The van der Waals surface area contributed by atoms with Crippen LogP contribution in [0.3, 0.4) is 0 Å². The fourth-order valence-corrected chi connectivity index (χ4v) is 12.0. The van der Waals surface area contributed by atoms with Gasteiger partial charge in [0.25, 0.3) is 0 Å². The zero-order valence-corrected chi connectivity index (χ0v) is 34.0. The smallest absolute Gasteiger partial charge is 0.0637 e. The minimum Gasteiger partial charge on any atom is -0.378 e. The molecule has 298 valence electrons. The first-order valence-corrected chi connectivity index (χ1v) is 22.1. The molecule has 4 aliphatic rings. The van der Waals surface area contributed by atoms with Crippen LogP contribution in [0.1, 0.15) is 143 Å². The molecule has 0 saturated heterocycles. The van der Waals surface area contributed by atoms with Crippen molar-refractivity contribution in [3.8, 4) is 0 Å². The molecule has 0 heterocycles. The van der Waals surface area contributed by atoms with Gasteiger partial charge in [-0.1, -0.05) is 65.9 Å². The van der Waals surface area contributed by atoms with Crippen molar-refractivity contribution in [1.29, 1.82) is 0 Å². The minimum atomic E-state index is 0.162. The van der Waals surface area contributed by atoms with Gasteiger partial charge in [0.15, 0.2) is 0 Å². The number of fused-ring (bicyclic) bond motifs is 5. The van der Waals surface area contributed by atoms with Crippen molar-refractivity contribution in [3.63, 3.8) is 0 Å². The fraction of sp³-hybridized carbons (Fsp3) is 0.955. The van der Waals surface area contributed by atoms with E-state index in [9.17, 15) is 0 Å². The van der Waals surface area contributed by atoms with Crippen molar-refractivity contribution in [2.75, 3.05) is 59.1 Å². The zero-order chi connectivity index (χ0) is 36.7. The molecule has 7 nitrogen and oxygen atoms in total. The van der Waals surface area contributed by atoms with Crippen LogP contribution >= 0.6 is 0 Å². The summed E-state index contributed by atoms with van der Waals surface area (Å²) in [5.74, 6) is 3.83. The maximum Gasteiger partial charge on any atom is 0.0637 e. The Balaban J connectivity index is 1.49. The van der Waals surface area contributed by atoms with Crippen molar-refractivity contribution < 1.29 is 14.2 Å². The second-order valence-corrected chi connectivity index (χ2v) is 18.0. The van der Waals surface area contributed by atoms with E-state index in [0.29, 0.717) is 72.8 Å². The van der Waals surface area contributed by atoms with E-state index in [1.54, 1.807) is 0 Å². The molecule has 0 aromatic heterocycles. The van der Waals surface area contributed by atoms with Crippen molar-refractivity contribution >= 4 is 0 Å². The van der Waals surface area contributed by atoms with E-state index in [1.165, 1.54) is 103 Å². The van der Waals surface area contributed by atoms with Gasteiger partial charge in [-0.25, -0.2) is 0 Å². The van der Waals surface area contributed by atoms with E-state index in [0.717, 1.165) is 52.0 Å². The maximum absolute atomic E-state index is 7.08. The quantitative estimate of drug-likeness (QED) is 0.0610. The van der Waals surface area contributed by atoms with Crippen LogP contribution in [0.5, 0.6) is 0 Å². The molecule has 3 unspecified atom stereocenters. The summed E-state index contributed by atoms with van der Waals surface area (Å²) in [5.41, 5.74) is 18.3. The molecule has 51 heavy (non-hydrogen) atoms. The Labute approximate surface area is 315 Å². The average Bonchev–Trinajstić information content (AvgIpc) is 3.48. The zero-order valence-electron chi connectivity index (χ0n) is 34.0. The molecule has 4 aliphatic carbocycles. The van der Waals surface area contributed by atoms with Gasteiger partial charge in [0.05, 0.1) is 18.3 Å². The van der Waals surface area contributed by atoms with Crippen LogP contribution in [0.15, 0.2) is 12.7 Å². The summed E-state index contributed by atoms with van der Waals surface area (Å²) in [6.07, 6.45) is 25.1. The SMILES string of the molecule is C=CCN(CCCCCCCC)CCC[C@@H](C)[C@H]1CC[C@H]2C3[C@H](OCCCN)CC4C[C@H](OCCCN)CC[C@]4(C)[C@H]3C[C@H](OCCCN)C12C. The van der Waals surface area contributed by atoms with E-state index < -0.39 is 0 Å². The van der Waals surface area contributed by atoms with Gasteiger partial charge in [-0.05, 0) is 157 Å². The number of ether oxygens (including phenoxy) is 3. The Hall–Kier alpha value is -0.540. The van der Waals surface area contributed by atoms with Crippen LogP contribution in [-0.2, 0) is 14.2 Å². The first-order chi connectivity index (χ1) is 24.8. The lowest BCUT2D eigenvalue weighted by Crippen LogP contribution is -2.63. The molecule has 4 fully saturated rings. The standard InChI is InChI=1S/C44H84N4O3/c1-6-8-9-10-11-12-26-48(25-7-2)27-13-17-34(3)37-18-19-38-42-39(33-41(44(37,38)5)51-30-16-24-47)43(4)21-20-36(49-28-14-22-45)31-35(43)32-40(42)50-29-15-23-46/h7,34-42H,2,6,8-33,45-47H2,1,3-5H3/t34-,35?,36-,37-,38+,39+,40-,41+,42?,43+,44?/m1/s1. The van der Waals surface area contributed by atoms with Gasteiger partial charge in [0.1, 0.15) is 0 Å². The molecule has 11 atom stereocenters. The molecule has 6 N–H and O–H groups in total. The van der Waals surface area contributed by atoms with Gasteiger partial charge in [0.2, 0.25) is 0 Å². The summed E-state index contributed by atoms with van der Waals surface area (Å²) in [4.78, 5) is 2.66. The molecule has 7 heteroatoms. The van der Waals surface area contributed by atoms with Crippen molar-refractivity contribution in [2.24, 2.45) is 63.5 Å². The lowest BCUT2D eigenvalue weighted by atomic mass is 9.43. The fourth-order valence-electron chi connectivity index (χ4n) is 12.0. The van der Waals surface area contributed by atoms with E-state index in [2.05, 4.69) is 45.2 Å². The van der Waals surface area contributed by atoms with Crippen LogP contribution in [0.25, 0.3) is 0 Å².